The largest absolute Gasteiger partial charge is 0.465 e. The summed E-state index contributed by atoms with van der Waals surface area (Å²) < 4.78 is 5.03. The number of carboxylic acid groups (broad SMARTS) is 1. The number of rotatable bonds is 1. The van der Waals surface area contributed by atoms with E-state index in [0.29, 0.717) is 32.2 Å². The minimum absolute atomic E-state index is 0.0191. The lowest BCUT2D eigenvalue weighted by atomic mass is 10.3. The van der Waals surface area contributed by atoms with Gasteiger partial charge >= 0.3 is 18.1 Å². The first-order chi connectivity index (χ1) is 7.16. The van der Waals surface area contributed by atoms with Gasteiger partial charge in [0.2, 0.25) is 0 Å². The number of nitrogens with zero attached hydrogens (tertiary/aromatic N) is 4. The van der Waals surface area contributed by atoms with Crippen molar-refractivity contribution in [2.45, 2.75) is 0 Å². The average molecular weight is 213 g/mol. The van der Waals surface area contributed by atoms with Crippen LogP contribution in [0.4, 0.5) is 16.8 Å². The molecule has 0 aliphatic carbocycles. The van der Waals surface area contributed by atoms with Gasteiger partial charge in [-0.3, -0.25) is 0 Å². The monoisotopic (exact) mass is 213 g/mol. The molecule has 2 heterocycles. The first-order valence-electron chi connectivity index (χ1n) is 4.48. The second-order valence-electron chi connectivity index (χ2n) is 3.18. The van der Waals surface area contributed by atoms with E-state index in [1.165, 1.54) is 4.90 Å². The Labute approximate surface area is 85.3 Å². The molecule has 1 aromatic rings. The van der Waals surface area contributed by atoms with Crippen LogP contribution in [0.25, 0.3) is 0 Å². The Morgan fingerprint density at radius 3 is 2.47 bits per heavy atom. The molecule has 0 saturated carbocycles. The predicted octanol–water partition coefficient (Wildman–Crippen LogP) is -0.548. The van der Waals surface area contributed by atoms with Crippen LogP contribution in [0.3, 0.4) is 0 Å². The third kappa shape index (κ3) is 1.92. The van der Waals surface area contributed by atoms with Crippen molar-refractivity contribution in [2.24, 2.45) is 0 Å². The van der Waals surface area contributed by atoms with Gasteiger partial charge in [0.1, 0.15) is 0 Å². The van der Waals surface area contributed by atoms with Gasteiger partial charge in [-0.15, -0.1) is 0 Å². The van der Waals surface area contributed by atoms with Gasteiger partial charge in [0, 0.05) is 26.2 Å². The zero-order valence-electron chi connectivity index (χ0n) is 7.96. The summed E-state index contributed by atoms with van der Waals surface area (Å²) in [5.41, 5.74) is 5.29. The number of piperazine rings is 1. The maximum atomic E-state index is 10.6. The van der Waals surface area contributed by atoms with Gasteiger partial charge < -0.3 is 25.1 Å². The Hall–Kier alpha value is -1.99. The summed E-state index contributed by atoms with van der Waals surface area (Å²) in [6.45, 7) is 1.93. The van der Waals surface area contributed by atoms with Crippen LogP contribution in [-0.4, -0.2) is 52.5 Å². The number of aromatic nitrogens is 2. The zero-order chi connectivity index (χ0) is 10.8. The summed E-state index contributed by atoms with van der Waals surface area (Å²) in [6, 6.07) is 0.364. The van der Waals surface area contributed by atoms with Crippen LogP contribution in [0.2, 0.25) is 0 Å². The molecule has 8 heteroatoms. The van der Waals surface area contributed by atoms with Crippen molar-refractivity contribution >= 4 is 18.1 Å². The van der Waals surface area contributed by atoms with Crippen LogP contribution in [0.15, 0.2) is 4.42 Å². The van der Waals surface area contributed by atoms with Gasteiger partial charge in [0.05, 0.1) is 0 Å². The molecule has 1 aromatic heterocycles. The third-order valence-corrected chi connectivity index (χ3v) is 2.25. The number of nitrogens with two attached hydrogens (primary N) is 1. The Kier molecular flexibility index (Phi) is 2.32. The molecule has 0 aromatic carbocycles. The Balaban J connectivity index is 1.96. The minimum Gasteiger partial charge on any atom is -0.465 e. The van der Waals surface area contributed by atoms with E-state index in [2.05, 4.69) is 10.2 Å². The highest BCUT2D eigenvalue weighted by atomic mass is 16.4. The van der Waals surface area contributed by atoms with Crippen molar-refractivity contribution in [3.63, 3.8) is 0 Å². The number of nitrogen functional groups attached to an aromatic ring is 1. The Morgan fingerprint density at radius 1 is 1.33 bits per heavy atom. The zero-order valence-corrected chi connectivity index (χ0v) is 7.96. The summed E-state index contributed by atoms with van der Waals surface area (Å²) >= 11 is 0. The van der Waals surface area contributed by atoms with E-state index in [-0.39, 0.29) is 6.01 Å². The molecular formula is C7H11N5O3. The number of hydrogen-bond donors (Lipinski definition) is 2. The van der Waals surface area contributed by atoms with E-state index in [1.807, 2.05) is 4.90 Å². The maximum Gasteiger partial charge on any atom is 0.407 e. The summed E-state index contributed by atoms with van der Waals surface area (Å²) in [7, 11) is 0. The highest BCUT2D eigenvalue weighted by Crippen LogP contribution is 2.15. The highest BCUT2D eigenvalue weighted by Gasteiger charge is 2.23. The van der Waals surface area contributed by atoms with Gasteiger partial charge in [-0.25, -0.2) is 4.79 Å². The molecule has 15 heavy (non-hydrogen) atoms. The van der Waals surface area contributed by atoms with Crippen LogP contribution in [0.1, 0.15) is 0 Å². The van der Waals surface area contributed by atoms with E-state index >= 15 is 0 Å². The molecule has 1 fully saturated rings. The second-order valence-corrected chi connectivity index (χ2v) is 3.18. The topological polar surface area (TPSA) is 109 Å². The number of hydrogen-bond acceptors (Lipinski definition) is 6. The van der Waals surface area contributed by atoms with E-state index in [4.69, 9.17) is 15.3 Å². The van der Waals surface area contributed by atoms with Crippen LogP contribution in [0.5, 0.6) is 0 Å². The normalized spacial score (nSPS) is 16.8. The van der Waals surface area contributed by atoms with Crippen molar-refractivity contribution in [2.75, 3.05) is 36.8 Å². The molecule has 1 saturated heterocycles. The minimum atomic E-state index is -0.903. The predicted molar refractivity (Wildman–Crippen MR) is 50.5 cm³/mol. The lowest BCUT2D eigenvalue weighted by Crippen LogP contribution is -2.48. The standard InChI is InChI=1S/C7H11N5O3/c8-5-9-10-6(15-5)11-1-3-12(4-2-11)7(13)14/h1-4H2,(H2,8,9)(H,13,14). The molecule has 1 aliphatic rings. The summed E-state index contributed by atoms with van der Waals surface area (Å²) in [4.78, 5) is 13.8. The summed E-state index contributed by atoms with van der Waals surface area (Å²) in [6.07, 6.45) is -0.903. The van der Waals surface area contributed by atoms with Gasteiger partial charge in [-0.05, 0) is 0 Å². The Bertz CT molecular complexity index is 357. The number of carbonyl (C=O) groups is 1. The van der Waals surface area contributed by atoms with Crippen molar-refractivity contribution in [1.82, 2.24) is 15.1 Å². The molecule has 2 rings (SSSR count). The van der Waals surface area contributed by atoms with Gasteiger partial charge in [-0.1, -0.05) is 10.2 Å². The van der Waals surface area contributed by atoms with Crippen LogP contribution < -0.4 is 10.6 Å². The van der Waals surface area contributed by atoms with E-state index < -0.39 is 6.09 Å². The molecule has 0 bridgehead atoms. The number of amides is 1. The molecule has 1 amide bonds. The molecule has 3 N–H and O–H groups in total. The fourth-order valence-corrected chi connectivity index (χ4v) is 1.44. The molecule has 0 atom stereocenters. The molecule has 0 radical (unpaired) electrons. The first kappa shape index (κ1) is 9.56. The summed E-state index contributed by atoms with van der Waals surface area (Å²) in [5.74, 6) is 0. The lowest BCUT2D eigenvalue weighted by molar-refractivity contribution is 0.142. The van der Waals surface area contributed by atoms with Crippen molar-refractivity contribution in [1.29, 1.82) is 0 Å². The quantitative estimate of drug-likeness (QED) is 0.644. The fraction of sp³-hybridized carbons (Fsp3) is 0.571. The van der Waals surface area contributed by atoms with E-state index in [1.54, 1.807) is 0 Å². The van der Waals surface area contributed by atoms with E-state index in [9.17, 15) is 4.79 Å². The third-order valence-electron chi connectivity index (χ3n) is 2.25. The highest BCUT2D eigenvalue weighted by molar-refractivity contribution is 5.65. The second kappa shape index (κ2) is 3.64. The van der Waals surface area contributed by atoms with Crippen LogP contribution in [0, 0.1) is 0 Å². The molecule has 0 unspecified atom stereocenters. The average Bonchev–Trinajstić information content (AvgIpc) is 2.65. The van der Waals surface area contributed by atoms with Crippen molar-refractivity contribution in [3.8, 4) is 0 Å². The van der Waals surface area contributed by atoms with E-state index in [0.717, 1.165) is 0 Å². The van der Waals surface area contributed by atoms with Gasteiger partial charge in [0.15, 0.2) is 0 Å². The first-order valence-corrected chi connectivity index (χ1v) is 4.48. The van der Waals surface area contributed by atoms with Gasteiger partial charge in [0.25, 0.3) is 0 Å². The van der Waals surface area contributed by atoms with Crippen LogP contribution >= 0.6 is 0 Å². The van der Waals surface area contributed by atoms with Crippen LogP contribution in [-0.2, 0) is 0 Å². The summed E-state index contributed by atoms with van der Waals surface area (Å²) in [5, 5.41) is 16.0. The SMILES string of the molecule is Nc1nnc(N2CCN(C(=O)O)CC2)o1. The smallest absolute Gasteiger partial charge is 0.407 e. The van der Waals surface area contributed by atoms with Gasteiger partial charge in [-0.2, -0.15) is 0 Å². The Morgan fingerprint density at radius 2 is 2.00 bits per heavy atom. The molecule has 8 nitrogen and oxygen atoms in total. The molecular weight excluding hydrogens is 202 g/mol. The van der Waals surface area contributed by atoms with Crippen molar-refractivity contribution in [3.05, 3.63) is 0 Å². The fourth-order valence-electron chi connectivity index (χ4n) is 1.44. The van der Waals surface area contributed by atoms with Crippen molar-refractivity contribution < 1.29 is 14.3 Å². The number of anilines is 2. The lowest BCUT2D eigenvalue weighted by Gasteiger charge is -2.31. The molecule has 0 spiro atoms. The molecule has 82 valence electrons. The maximum absolute atomic E-state index is 10.6. The molecule has 1 aliphatic heterocycles.